The van der Waals surface area contributed by atoms with E-state index in [9.17, 15) is 20.1 Å². The van der Waals surface area contributed by atoms with E-state index in [0.29, 0.717) is 3.70 Å². The van der Waals surface area contributed by atoms with Crippen molar-refractivity contribution in [1.82, 2.24) is 15.1 Å². The smallest absolute Gasteiger partial charge is 0.256 e. The van der Waals surface area contributed by atoms with Gasteiger partial charge in [-0.2, -0.15) is 5.10 Å². The molecule has 0 bridgehead atoms. The molecule has 1 aromatic rings. The van der Waals surface area contributed by atoms with Gasteiger partial charge < -0.3 is 30.5 Å². The minimum absolute atomic E-state index is 0.274. The second-order valence-corrected chi connectivity index (χ2v) is 5.72. The van der Waals surface area contributed by atoms with Crippen molar-refractivity contribution in [3.8, 4) is 0 Å². The highest BCUT2D eigenvalue weighted by Gasteiger charge is 2.44. The zero-order valence-electron chi connectivity index (χ0n) is 11.0. The Balaban J connectivity index is 2.11. The number of carbonyl (C=O) groups excluding carboxylic acids is 1. The molecule has 9 nitrogen and oxygen atoms in total. The fraction of sp³-hybridized carbons (Fsp3) is 0.636. The van der Waals surface area contributed by atoms with Crippen LogP contribution in [-0.4, -0.2) is 73.4 Å². The zero-order valence-corrected chi connectivity index (χ0v) is 13.2. The number of ether oxygens (including phenoxy) is 1. The van der Waals surface area contributed by atoms with Gasteiger partial charge in [-0.05, 0) is 22.6 Å². The summed E-state index contributed by atoms with van der Waals surface area (Å²) >= 11 is 1.93. The molecular formula is C11H16IN3O6. The van der Waals surface area contributed by atoms with Gasteiger partial charge in [0.25, 0.3) is 5.91 Å². The van der Waals surface area contributed by atoms with Gasteiger partial charge in [0.15, 0.2) is 6.29 Å². The van der Waals surface area contributed by atoms with Crippen molar-refractivity contribution >= 4 is 28.5 Å². The summed E-state index contributed by atoms with van der Waals surface area (Å²) in [5, 5.41) is 44.8. The van der Waals surface area contributed by atoms with Crippen LogP contribution in [0.25, 0.3) is 0 Å². The van der Waals surface area contributed by atoms with Crippen molar-refractivity contribution in [2.45, 2.75) is 30.6 Å². The maximum atomic E-state index is 12.1. The third kappa shape index (κ3) is 3.19. The van der Waals surface area contributed by atoms with E-state index in [1.54, 1.807) is 7.05 Å². The van der Waals surface area contributed by atoms with Crippen LogP contribution >= 0.6 is 22.6 Å². The lowest BCUT2D eigenvalue weighted by Crippen LogP contribution is -2.64. The number of aryl methyl sites for hydroxylation is 1. The van der Waals surface area contributed by atoms with E-state index in [-0.39, 0.29) is 5.56 Å². The normalized spacial score (nSPS) is 33.0. The number of nitrogens with zero attached hydrogens (tertiary/aromatic N) is 2. The maximum absolute atomic E-state index is 12.1. The van der Waals surface area contributed by atoms with E-state index in [4.69, 9.17) is 9.84 Å². The molecule has 0 saturated carbocycles. The van der Waals surface area contributed by atoms with Crippen molar-refractivity contribution in [2.75, 3.05) is 6.61 Å². The predicted octanol–water partition coefficient (Wildman–Crippen LogP) is -2.45. The molecule has 2 rings (SSSR count). The maximum Gasteiger partial charge on any atom is 0.256 e. The summed E-state index contributed by atoms with van der Waals surface area (Å²) in [6, 6.07) is -1.22. The lowest BCUT2D eigenvalue weighted by molar-refractivity contribution is -0.252. The number of hydrogen-bond acceptors (Lipinski definition) is 7. The lowest BCUT2D eigenvalue weighted by atomic mass is 9.97. The number of aromatic nitrogens is 2. The van der Waals surface area contributed by atoms with Gasteiger partial charge in [-0.1, -0.05) is 0 Å². The first kappa shape index (κ1) is 16.6. The molecular weight excluding hydrogens is 397 g/mol. The van der Waals surface area contributed by atoms with Gasteiger partial charge in [0.05, 0.1) is 18.4 Å². The van der Waals surface area contributed by atoms with Crippen LogP contribution in [-0.2, 0) is 11.8 Å². The Kier molecular flexibility index (Phi) is 5.16. The van der Waals surface area contributed by atoms with Gasteiger partial charge in [0.1, 0.15) is 28.1 Å². The van der Waals surface area contributed by atoms with Crippen LogP contribution in [0.4, 0.5) is 0 Å². The summed E-state index contributed by atoms with van der Waals surface area (Å²) in [4.78, 5) is 12.1. The van der Waals surface area contributed by atoms with Crippen molar-refractivity contribution in [3.05, 3.63) is 15.5 Å². The molecule has 0 aliphatic carbocycles. The summed E-state index contributed by atoms with van der Waals surface area (Å²) in [5.41, 5.74) is 0.274. The van der Waals surface area contributed by atoms with Crippen LogP contribution in [0, 0.1) is 3.70 Å². The van der Waals surface area contributed by atoms with Gasteiger partial charge in [-0.25, -0.2) is 0 Å². The van der Waals surface area contributed by atoms with Gasteiger partial charge in [-0.3, -0.25) is 9.48 Å². The number of carbonyl (C=O) groups is 1. The highest BCUT2D eigenvalue weighted by molar-refractivity contribution is 14.1. The third-order valence-electron chi connectivity index (χ3n) is 3.31. The highest BCUT2D eigenvalue weighted by Crippen LogP contribution is 2.20. The predicted molar refractivity (Wildman–Crippen MR) is 77.2 cm³/mol. The topological polar surface area (TPSA) is 137 Å². The molecule has 21 heavy (non-hydrogen) atoms. The van der Waals surface area contributed by atoms with E-state index in [1.165, 1.54) is 10.9 Å². The summed E-state index contributed by atoms with van der Waals surface area (Å²) < 4.78 is 7.04. The van der Waals surface area contributed by atoms with Crippen molar-refractivity contribution in [3.63, 3.8) is 0 Å². The fourth-order valence-electron chi connectivity index (χ4n) is 2.06. The Morgan fingerprint density at radius 1 is 1.48 bits per heavy atom. The quantitative estimate of drug-likeness (QED) is 0.347. The Morgan fingerprint density at radius 3 is 2.67 bits per heavy atom. The average Bonchev–Trinajstić information content (AvgIpc) is 2.79. The van der Waals surface area contributed by atoms with Crippen LogP contribution in [0.5, 0.6) is 0 Å². The van der Waals surface area contributed by atoms with Crippen molar-refractivity contribution in [2.24, 2.45) is 7.05 Å². The molecule has 2 heterocycles. The van der Waals surface area contributed by atoms with Gasteiger partial charge in [-0.15, -0.1) is 0 Å². The number of amides is 1. The molecule has 1 aromatic heterocycles. The standard InChI is InChI=1S/C11H16IN3O6/c1-15-9(12)4(2-13-15)10(19)14-6-8(18)7(17)5(3-16)21-11(6)20/h2,5-8,11,16-18,20H,3H2,1H3,(H,14,19). The van der Waals surface area contributed by atoms with E-state index < -0.39 is 43.2 Å². The molecule has 0 aromatic carbocycles. The number of halogens is 1. The molecule has 1 saturated heterocycles. The van der Waals surface area contributed by atoms with Crippen molar-refractivity contribution in [1.29, 1.82) is 0 Å². The first-order valence-electron chi connectivity index (χ1n) is 6.15. The number of aliphatic hydroxyl groups is 4. The molecule has 0 spiro atoms. The molecule has 5 atom stereocenters. The van der Waals surface area contributed by atoms with Gasteiger partial charge in [0.2, 0.25) is 0 Å². The Labute approximate surface area is 133 Å². The minimum Gasteiger partial charge on any atom is -0.394 e. The lowest BCUT2D eigenvalue weighted by Gasteiger charge is -2.40. The number of nitrogens with one attached hydrogen (secondary N) is 1. The van der Waals surface area contributed by atoms with Gasteiger partial charge >= 0.3 is 0 Å². The minimum atomic E-state index is -1.54. The second kappa shape index (κ2) is 6.54. The third-order valence-corrected chi connectivity index (χ3v) is 4.59. The van der Waals surface area contributed by atoms with E-state index in [2.05, 4.69) is 10.4 Å². The first-order valence-corrected chi connectivity index (χ1v) is 7.23. The molecule has 118 valence electrons. The Bertz CT molecular complexity index is 524. The Hall–Kier alpha value is -0.790. The van der Waals surface area contributed by atoms with Crippen LogP contribution < -0.4 is 5.32 Å². The molecule has 5 N–H and O–H groups in total. The number of hydrogen-bond donors (Lipinski definition) is 5. The summed E-state index contributed by atoms with van der Waals surface area (Å²) in [5.74, 6) is -0.561. The van der Waals surface area contributed by atoms with E-state index in [1.807, 2.05) is 22.6 Å². The molecule has 10 heteroatoms. The number of aliphatic hydroxyl groups excluding tert-OH is 4. The van der Waals surface area contributed by atoms with Crippen LogP contribution in [0.3, 0.4) is 0 Å². The second-order valence-electron chi connectivity index (χ2n) is 4.70. The summed E-state index contributed by atoms with van der Waals surface area (Å²) in [6.07, 6.45) is -4.19. The van der Waals surface area contributed by atoms with Crippen LogP contribution in [0.2, 0.25) is 0 Å². The first-order chi connectivity index (χ1) is 9.86. The van der Waals surface area contributed by atoms with Crippen molar-refractivity contribution < 1.29 is 30.0 Å². The van der Waals surface area contributed by atoms with E-state index in [0.717, 1.165) is 0 Å². The monoisotopic (exact) mass is 413 g/mol. The Morgan fingerprint density at radius 2 is 2.14 bits per heavy atom. The molecule has 0 radical (unpaired) electrons. The number of rotatable bonds is 3. The average molecular weight is 413 g/mol. The SMILES string of the molecule is Cn1ncc(C(=O)NC2C(O)OC(CO)C(O)C2O)c1I. The molecule has 1 aliphatic rings. The summed E-state index contributed by atoms with van der Waals surface area (Å²) in [7, 11) is 1.67. The summed E-state index contributed by atoms with van der Waals surface area (Å²) in [6.45, 7) is -0.559. The molecule has 1 aliphatic heterocycles. The fourth-order valence-corrected chi connectivity index (χ4v) is 2.57. The van der Waals surface area contributed by atoms with Crippen LogP contribution in [0.1, 0.15) is 10.4 Å². The van der Waals surface area contributed by atoms with E-state index >= 15 is 0 Å². The van der Waals surface area contributed by atoms with Gasteiger partial charge in [0, 0.05) is 7.05 Å². The molecule has 1 fully saturated rings. The molecule has 1 amide bonds. The van der Waals surface area contributed by atoms with Crippen LogP contribution in [0.15, 0.2) is 6.20 Å². The largest absolute Gasteiger partial charge is 0.394 e. The molecule has 5 unspecified atom stereocenters. The zero-order chi connectivity index (χ0) is 15.7. The highest BCUT2D eigenvalue weighted by atomic mass is 127.